The van der Waals surface area contributed by atoms with Crippen LogP contribution in [0.15, 0.2) is 42.1 Å². The van der Waals surface area contributed by atoms with Gasteiger partial charge in [0, 0.05) is 22.9 Å². The van der Waals surface area contributed by atoms with E-state index in [4.69, 9.17) is 0 Å². The van der Waals surface area contributed by atoms with Crippen LogP contribution in [0.3, 0.4) is 0 Å². The fourth-order valence-electron chi connectivity index (χ4n) is 1.96. The van der Waals surface area contributed by atoms with Gasteiger partial charge in [-0.15, -0.1) is 0 Å². The molecule has 0 amide bonds. The van der Waals surface area contributed by atoms with Crippen LogP contribution in [0.1, 0.15) is 37.0 Å². The molecule has 0 bridgehead atoms. The highest BCUT2D eigenvalue weighted by Gasteiger charge is 2.25. The van der Waals surface area contributed by atoms with E-state index in [1.807, 2.05) is 30.3 Å². The van der Waals surface area contributed by atoms with Gasteiger partial charge in [0.2, 0.25) is 0 Å². The van der Waals surface area contributed by atoms with Crippen LogP contribution < -0.4 is 5.32 Å². The second-order valence-corrected chi connectivity index (χ2v) is 4.91. The van der Waals surface area contributed by atoms with E-state index in [0.717, 1.165) is 24.1 Å². The summed E-state index contributed by atoms with van der Waals surface area (Å²) in [6.07, 6.45) is 3.77. The highest BCUT2D eigenvalue weighted by molar-refractivity contribution is 6.04. The molecular formula is C14H17NO. The van der Waals surface area contributed by atoms with Gasteiger partial charge in [-0.2, -0.15) is 0 Å². The summed E-state index contributed by atoms with van der Waals surface area (Å²) in [6.45, 7) is 4.31. The maximum atomic E-state index is 11.9. The first kappa shape index (κ1) is 10.9. The predicted octanol–water partition coefficient (Wildman–Crippen LogP) is 2.92. The number of carbonyl (C=O) groups excluding carboxylic acids is 1. The molecule has 16 heavy (non-hydrogen) atoms. The number of ketones is 1. The van der Waals surface area contributed by atoms with Crippen LogP contribution in [0.5, 0.6) is 0 Å². The van der Waals surface area contributed by atoms with E-state index in [-0.39, 0.29) is 11.3 Å². The molecule has 2 rings (SSSR count). The van der Waals surface area contributed by atoms with Gasteiger partial charge in [-0.1, -0.05) is 30.3 Å². The zero-order valence-corrected chi connectivity index (χ0v) is 9.79. The molecule has 0 aliphatic carbocycles. The van der Waals surface area contributed by atoms with Crippen molar-refractivity contribution in [1.82, 2.24) is 5.32 Å². The number of hydrogen-bond acceptors (Lipinski definition) is 2. The average molecular weight is 215 g/mol. The van der Waals surface area contributed by atoms with Gasteiger partial charge >= 0.3 is 0 Å². The first-order chi connectivity index (χ1) is 7.57. The average Bonchev–Trinajstić information content (AvgIpc) is 2.59. The highest BCUT2D eigenvalue weighted by atomic mass is 16.1. The highest BCUT2D eigenvalue weighted by Crippen LogP contribution is 2.24. The number of hydrogen-bond donors (Lipinski definition) is 1. The maximum Gasteiger partial charge on any atom is 0.187 e. The molecule has 2 heteroatoms. The molecule has 0 aromatic heterocycles. The van der Waals surface area contributed by atoms with Gasteiger partial charge in [0.05, 0.1) is 0 Å². The minimum absolute atomic E-state index is 0.0841. The van der Waals surface area contributed by atoms with Crippen molar-refractivity contribution in [2.24, 2.45) is 0 Å². The monoisotopic (exact) mass is 215 g/mol. The normalized spacial score (nSPS) is 20.8. The Morgan fingerprint density at radius 1 is 1.31 bits per heavy atom. The van der Waals surface area contributed by atoms with Crippen molar-refractivity contribution in [2.45, 2.75) is 32.2 Å². The quantitative estimate of drug-likeness (QED) is 0.607. The third-order valence-corrected chi connectivity index (χ3v) is 2.88. The van der Waals surface area contributed by atoms with E-state index in [0.29, 0.717) is 0 Å². The van der Waals surface area contributed by atoms with Crippen LogP contribution in [-0.4, -0.2) is 11.3 Å². The van der Waals surface area contributed by atoms with Crippen molar-refractivity contribution in [3.8, 4) is 0 Å². The summed E-state index contributed by atoms with van der Waals surface area (Å²) in [5, 5.41) is 3.37. The molecule has 1 aromatic rings. The van der Waals surface area contributed by atoms with E-state index in [1.54, 1.807) is 6.08 Å². The second-order valence-electron chi connectivity index (χ2n) is 4.91. The Morgan fingerprint density at radius 2 is 2.00 bits per heavy atom. The standard InChI is InChI=1S/C14H17NO/c1-14(2)9-8-12(15-14)10-13(16)11-6-4-3-5-7-11/h3-7,10,15H,8-9H2,1-2H3/b12-10-. The fraction of sp³-hybridized carbons (Fsp3) is 0.357. The summed E-state index contributed by atoms with van der Waals surface area (Å²) >= 11 is 0. The Balaban J connectivity index is 2.11. The zero-order valence-electron chi connectivity index (χ0n) is 9.79. The molecule has 1 heterocycles. The molecule has 84 valence electrons. The summed E-state index contributed by atoms with van der Waals surface area (Å²) in [6, 6.07) is 9.38. The van der Waals surface area contributed by atoms with Crippen LogP contribution in [-0.2, 0) is 0 Å². The summed E-state index contributed by atoms with van der Waals surface area (Å²) in [4.78, 5) is 11.9. The Labute approximate surface area is 96.4 Å². The SMILES string of the molecule is CC1(C)CC/C(=C/C(=O)c2ccccc2)N1. The number of rotatable bonds is 2. The Morgan fingerprint density at radius 3 is 2.56 bits per heavy atom. The minimum Gasteiger partial charge on any atom is -0.383 e. The molecule has 1 saturated heterocycles. The van der Waals surface area contributed by atoms with Gasteiger partial charge in [-0.25, -0.2) is 0 Å². The van der Waals surface area contributed by atoms with E-state index < -0.39 is 0 Å². The van der Waals surface area contributed by atoms with Crippen LogP contribution >= 0.6 is 0 Å². The van der Waals surface area contributed by atoms with Crippen LogP contribution in [0.25, 0.3) is 0 Å². The molecule has 0 saturated carbocycles. The fourth-order valence-corrected chi connectivity index (χ4v) is 1.96. The molecule has 0 atom stereocenters. The molecule has 1 aliphatic heterocycles. The van der Waals surface area contributed by atoms with Crippen molar-refractivity contribution in [3.05, 3.63) is 47.7 Å². The first-order valence-corrected chi connectivity index (χ1v) is 5.65. The van der Waals surface area contributed by atoms with E-state index in [9.17, 15) is 4.79 Å². The van der Waals surface area contributed by atoms with Crippen molar-refractivity contribution >= 4 is 5.78 Å². The van der Waals surface area contributed by atoms with E-state index in [1.165, 1.54) is 0 Å². The molecular weight excluding hydrogens is 198 g/mol. The molecule has 1 fully saturated rings. The van der Waals surface area contributed by atoms with Crippen LogP contribution in [0.2, 0.25) is 0 Å². The second kappa shape index (κ2) is 4.12. The number of nitrogens with one attached hydrogen (secondary N) is 1. The third kappa shape index (κ3) is 2.51. The smallest absolute Gasteiger partial charge is 0.187 e. The summed E-state index contributed by atoms with van der Waals surface area (Å²) < 4.78 is 0. The van der Waals surface area contributed by atoms with Crippen molar-refractivity contribution in [2.75, 3.05) is 0 Å². The lowest BCUT2D eigenvalue weighted by Gasteiger charge is -2.17. The first-order valence-electron chi connectivity index (χ1n) is 5.65. The van der Waals surface area contributed by atoms with Crippen molar-refractivity contribution < 1.29 is 4.79 Å². The van der Waals surface area contributed by atoms with Gasteiger partial charge in [0.25, 0.3) is 0 Å². The molecule has 1 N–H and O–H groups in total. The van der Waals surface area contributed by atoms with E-state index >= 15 is 0 Å². The van der Waals surface area contributed by atoms with Gasteiger partial charge in [-0.3, -0.25) is 4.79 Å². The molecule has 2 nitrogen and oxygen atoms in total. The number of carbonyl (C=O) groups is 1. The van der Waals surface area contributed by atoms with Gasteiger partial charge in [-0.05, 0) is 26.7 Å². The Bertz CT molecular complexity index is 418. The van der Waals surface area contributed by atoms with Gasteiger partial charge < -0.3 is 5.32 Å². The minimum atomic E-state index is 0.0841. The van der Waals surface area contributed by atoms with Crippen molar-refractivity contribution in [1.29, 1.82) is 0 Å². The number of benzene rings is 1. The van der Waals surface area contributed by atoms with Gasteiger partial charge in [0.1, 0.15) is 0 Å². The van der Waals surface area contributed by atoms with Crippen molar-refractivity contribution in [3.63, 3.8) is 0 Å². The number of allylic oxidation sites excluding steroid dienone is 2. The molecule has 0 spiro atoms. The topological polar surface area (TPSA) is 29.1 Å². The van der Waals surface area contributed by atoms with Crippen LogP contribution in [0, 0.1) is 0 Å². The van der Waals surface area contributed by atoms with Gasteiger partial charge in [0.15, 0.2) is 5.78 Å². The zero-order chi connectivity index (χ0) is 11.6. The summed E-state index contributed by atoms with van der Waals surface area (Å²) in [5.74, 6) is 0.0841. The lowest BCUT2D eigenvalue weighted by Crippen LogP contribution is -2.31. The molecule has 0 radical (unpaired) electrons. The summed E-state index contributed by atoms with van der Waals surface area (Å²) in [7, 11) is 0. The van der Waals surface area contributed by atoms with Crippen LogP contribution in [0.4, 0.5) is 0 Å². The largest absolute Gasteiger partial charge is 0.383 e. The summed E-state index contributed by atoms with van der Waals surface area (Å²) in [5.41, 5.74) is 1.93. The lowest BCUT2D eigenvalue weighted by molar-refractivity contribution is 0.104. The predicted molar refractivity (Wildman–Crippen MR) is 65.3 cm³/mol. The lowest BCUT2D eigenvalue weighted by atomic mass is 10.0. The molecule has 1 aliphatic rings. The molecule has 0 unspecified atom stereocenters. The maximum absolute atomic E-state index is 11.9. The third-order valence-electron chi connectivity index (χ3n) is 2.88. The Hall–Kier alpha value is -1.57. The Kier molecular flexibility index (Phi) is 2.82. The molecule has 1 aromatic carbocycles. The van der Waals surface area contributed by atoms with E-state index in [2.05, 4.69) is 19.2 Å².